The fourth-order valence-corrected chi connectivity index (χ4v) is 2.27. The molecule has 1 aliphatic heterocycles. The van der Waals surface area contributed by atoms with Crippen molar-refractivity contribution in [1.29, 1.82) is 10.5 Å². The maximum atomic E-state index is 12.3. The number of benzene rings is 1. The van der Waals surface area contributed by atoms with Crippen LogP contribution in [-0.4, -0.2) is 35.0 Å². The predicted molar refractivity (Wildman–Crippen MR) is 80.4 cm³/mol. The number of hydrogen-bond acceptors (Lipinski definition) is 5. The fraction of sp³-hybridized carbons (Fsp3) is 0.176. The van der Waals surface area contributed by atoms with Gasteiger partial charge in [-0.25, -0.2) is 4.98 Å². The molecule has 1 aromatic heterocycles. The van der Waals surface area contributed by atoms with Crippen molar-refractivity contribution in [2.75, 3.05) is 13.1 Å². The maximum absolute atomic E-state index is 12.3. The molecule has 1 aromatic carbocycles. The molecule has 1 amide bonds. The zero-order valence-electron chi connectivity index (χ0n) is 12.1. The third kappa shape index (κ3) is 3.12. The first-order valence-electron chi connectivity index (χ1n) is 7.02. The Morgan fingerprint density at radius 3 is 2.61 bits per heavy atom. The number of aromatic nitrogens is 1. The van der Waals surface area contributed by atoms with Crippen LogP contribution in [0.4, 0.5) is 0 Å². The summed E-state index contributed by atoms with van der Waals surface area (Å²) in [5, 5.41) is 17.6. The van der Waals surface area contributed by atoms with Gasteiger partial charge in [-0.1, -0.05) is 6.07 Å². The van der Waals surface area contributed by atoms with Crippen molar-refractivity contribution in [3.8, 4) is 18.0 Å². The highest BCUT2D eigenvalue weighted by molar-refractivity contribution is 5.95. The standard InChI is InChI=1S/C17H12N4O2/c18-7-12-2-1-3-14(6-12)17(22)21-10-15(11-21)23-16-5-4-13(8-19)9-20-16/h1-6,9,15H,10-11H2. The highest BCUT2D eigenvalue weighted by Crippen LogP contribution is 2.19. The predicted octanol–water partition coefficient (Wildman–Crippen LogP) is 1.73. The lowest BCUT2D eigenvalue weighted by Gasteiger charge is -2.38. The Morgan fingerprint density at radius 1 is 1.17 bits per heavy atom. The molecule has 6 heteroatoms. The lowest BCUT2D eigenvalue weighted by Crippen LogP contribution is -2.56. The Kier molecular flexibility index (Phi) is 3.90. The summed E-state index contributed by atoms with van der Waals surface area (Å²) in [6.45, 7) is 0.939. The van der Waals surface area contributed by atoms with E-state index in [1.54, 1.807) is 41.3 Å². The SMILES string of the molecule is N#Cc1ccc(OC2CN(C(=O)c3cccc(C#N)c3)C2)nc1. The van der Waals surface area contributed by atoms with Gasteiger partial charge >= 0.3 is 0 Å². The maximum Gasteiger partial charge on any atom is 0.254 e. The van der Waals surface area contributed by atoms with E-state index in [0.29, 0.717) is 35.7 Å². The van der Waals surface area contributed by atoms with Crippen molar-refractivity contribution in [2.24, 2.45) is 0 Å². The molecule has 1 saturated heterocycles. The van der Waals surface area contributed by atoms with Crippen LogP contribution in [0.5, 0.6) is 5.88 Å². The van der Waals surface area contributed by atoms with E-state index in [1.807, 2.05) is 12.1 Å². The summed E-state index contributed by atoms with van der Waals surface area (Å²) in [7, 11) is 0. The molecule has 23 heavy (non-hydrogen) atoms. The van der Waals surface area contributed by atoms with E-state index < -0.39 is 0 Å². The molecule has 3 rings (SSSR count). The van der Waals surface area contributed by atoms with Crippen LogP contribution in [0.15, 0.2) is 42.6 Å². The lowest BCUT2D eigenvalue weighted by atomic mass is 10.1. The molecule has 0 saturated carbocycles. The van der Waals surface area contributed by atoms with Crippen LogP contribution < -0.4 is 4.74 Å². The van der Waals surface area contributed by atoms with Crippen LogP contribution >= 0.6 is 0 Å². The number of rotatable bonds is 3. The van der Waals surface area contributed by atoms with Crippen LogP contribution in [0.25, 0.3) is 0 Å². The number of ether oxygens (including phenoxy) is 1. The van der Waals surface area contributed by atoms with E-state index in [4.69, 9.17) is 15.3 Å². The van der Waals surface area contributed by atoms with Crippen LogP contribution in [0.1, 0.15) is 21.5 Å². The number of nitriles is 2. The summed E-state index contributed by atoms with van der Waals surface area (Å²) in [6, 6.07) is 13.9. The molecule has 2 heterocycles. The Balaban J connectivity index is 1.57. The third-order valence-corrected chi connectivity index (χ3v) is 3.53. The van der Waals surface area contributed by atoms with Gasteiger partial charge in [-0.15, -0.1) is 0 Å². The molecule has 6 nitrogen and oxygen atoms in total. The summed E-state index contributed by atoms with van der Waals surface area (Å²) in [4.78, 5) is 18.0. The summed E-state index contributed by atoms with van der Waals surface area (Å²) < 4.78 is 5.64. The topological polar surface area (TPSA) is 90.0 Å². The van der Waals surface area contributed by atoms with Gasteiger partial charge in [0, 0.05) is 17.8 Å². The number of pyridine rings is 1. The molecule has 1 aliphatic rings. The van der Waals surface area contributed by atoms with E-state index in [-0.39, 0.29) is 12.0 Å². The monoisotopic (exact) mass is 304 g/mol. The summed E-state index contributed by atoms with van der Waals surface area (Å²) in [5.74, 6) is 0.322. The van der Waals surface area contributed by atoms with E-state index in [0.717, 1.165) is 0 Å². The van der Waals surface area contributed by atoms with Crippen molar-refractivity contribution in [3.63, 3.8) is 0 Å². The largest absolute Gasteiger partial charge is 0.471 e. The molecule has 0 aliphatic carbocycles. The Morgan fingerprint density at radius 2 is 1.96 bits per heavy atom. The second kappa shape index (κ2) is 6.17. The van der Waals surface area contributed by atoms with Crippen molar-refractivity contribution >= 4 is 5.91 Å². The highest BCUT2D eigenvalue weighted by Gasteiger charge is 2.33. The first-order valence-corrected chi connectivity index (χ1v) is 7.02. The van der Waals surface area contributed by atoms with Gasteiger partial charge in [0.05, 0.1) is 30.3 Å². The van der Waals surface area contributed by atoms with E-state index in [9.17, 15) is 4.79 Å². The van der Waals surface area contributed by atoms with Gasteiger partial charge in [0.1, 0.15) is 12.2 Å². The van der Waals surface area contributed by atoms with Gasteiger partial charge in [-0.05, 0) is 24.3 Å². The molecule has 0 bridgehead atoms. The van der Waals surface area contributed by atoms with Gasteiger partial charge in [0.25, 0.3) is 5.91 Å². The molecule has 0 radical (unpaired) electrons. The smallest absolute Gasteiger partial charge is 0.254 e. The average molecular weight is 304 g/mol. The minimum absolute atomic E-state index is 0.112. The van der Waals surface area contributed by atoms with Crippen LogP contribution in [0.2, 0.25) is 0 Å². The zero-order valence-corrected chi connectivity index (χ0v) is 12.1. The van der Waals surface area contributed by atoms with Gasteiger partial charge < -0.3 is 9.64 Å². The minimum Gasteiger partial charge on any atom is -0.471 e. The van der Waals surface area contributed by atoms with E-state index in [2.05, 4.69) is 4.98 Å². The molecule has 0 N–H and O–H groups in total. The fourth-order valence-electron chi connectivity index (χ4n) is 2.27. The Hall–Kier alpha value is -3.38. The number of likely N-dealkylation sites (tertiary alicyclic amines) is 1. The third-order valence-electron chi connectivity index (χ3n) is 3.53. The van der Waals surface area contributed by atoms with Crippen molar-refractivity contribution in [2.45, 2.75) is 6.10 Å². The number of carbonyl (C=O) groups excluding carboxylic acids is 1. The molecule has 0 unspecified atom stereocenters. The molecule has 0 atom stereocenters. The van der Waals surface area contributed by atoms with Gasteiger partial charge in [-0.2, -0.15) is 10.5 Å². The first kappa shape index (κ1) is 14.6. The second-order valence-corrected chi connectivity index (χ2v) is 5.14. The second-order valence-electron chi connectivity index (χ2n) is 5.14. The lowest BCUT2D eigenvalue weighted by molar-refractivity contribution is 0.0160. The Bertz CT molecular complexity index is 812. The number of nitrogens with zero attached hydrogens (tertiary/aromatic N) is 4. The normalized spacial score (nSPS) is 13.6. The molecular formula is C17H12N4O2. The Labute approximate surface area is 133 Å². The van der Waals surface area contributed by atoms with E-state index >= 15 is 0 Å². The van der Waals surface area contributed by atoms with Crippen LogP contribution in [-0.2, 0) is 0 Å². The van der Waals surface area contributed by atoms with Gasteiger partial charge in [0.2, 0.25) is 5.88 Å². The van der Waals surface area contributed by atoms with Crippen molar-refractivity contribution in [1.82, 2.24) is 9.88 Å². The highest BCUT2D eigenvalue weighted by atomic mass is 16.5. The quantitative estimate of drug-likeness (QED) is 0.861. The summed E-state index contributed by atoms with van der Waals surface area (Å²) in [6.07, 6.45) is 1.34. The van der Waals surface area contributed by atoms with Gasteiger partial charge in [-0.3, -0.25) is 4.79 Å². The zero-order chi connectivity index (χ0) is 16.2. The molecule has 112 valence electrons. The van der Waals surface area contributed by atoms with Crippen molar-refractivity contribution < 1.29 is 9.53 Å². The number of amides is 1. The molecular weight excluding hydrogens is 292 g/mol. The molecule has 2 aromatic rings. The molecule has 0 spiro atoms. The average Bonchev–Trinajstić information content (AvgIpc) is 2.57. The summed E-state index contributed by atoms with van der Waals surface area (Å²) >= 11 is 0. The number of hydrogen-bond donors (Lipinski definition) is 0. The van der Waals surface area contributed by atoms with E-state index in [1.165, 1.54) is 6.20 Å². The first-order chi connectivity index (χ1) is 11.2. The summed E-state index contributed by atoms with van der Waals surface area (Å²) in [5.41, 5.74) is 1.44. The van der Waals surface area contributed by atoms with Crippen molar-refractivity contribution in [3.05, 3.63) is 59.3 Å². The van der Waals surface area contributed by atoms with Crippen LogP contribution in [0.3, 0.4) is 0 Å². The van der Waals surface area contributed by atoms with Gasteiger partial charge in [0.15, 0.2) is 0 Å². The molecule has 1 fully saturated rings. The van der Waals surface area contributed by atoms with Crippen LogP contribution in [0, 0.1) is 22.7 Å². The minimum atomic E-state index is -0.116. The number of carbonyl (C=O) groups is 1.